The number of hydrogen-bond acceptors (Lipinski definition) is 4. The molecule has 1 aromatic heterocycles. The molecule has 112 valence electrons. The van der Waals surface area contributed by atoms with Crippen LogP contribution in [-0.4, -0.2) is 17.3 Å². The molecule has 1 heterocycles. The molecular formula is C18H18N2O2. The number of aryl methyl sites for hydroxylation is 2. The molecule has 3 rings (SSSR count). The second-order valence-electron chi connectivity index (χ2n) is 5.08. The minimum absolute atomic E-state index is 0.623. The maximum absolute atomic E-state index is 5.32. The third-order valence-electron chi connectivity index (χ3n) is 3.52. The van der Waals surface area contributed by atoms with Crippen molar-refractivity contribution in [3.05, 3.63) is 66.1 Å². The summed E-state index contributed by atoms with van der Waals surface area (Å²) in [6.07, 6.45) is 2.80. The van der Waals surface area contributed by atoms with Crippen molar-refractivity contribution in [3.8, 4) is 17.1 Å². The van der Waals surface area contributed by atoms with Crippen LogP contribution in [0.15, 0.2) is 59.1 Å². The van der Waals surface area contributed by atoms with Gasteiger partial charge in [0.05, 0.1) is 7.11 Å². The van der Waals surface area contributed by atoms with E-state index < -0.39 is 0 Å². The Morgan fingerprint density at radius 1 is 0.955 bits per heavy atom. The fourth-order valence-electron chi connectivity index (χ4n) is 2.30. The van der Waals surface area contributed by atoms with Gasteiger partial charge >= 0.3 is 0 Å². The molecule has 0 fully saturated rings. The third kappa shape index (κ3) is 3.52. The predicted molar refractivity (Wildman–Crippen MR) is 84.8 cm³/mol. The Morgan fingerprint density at radius 3 is 2.45 bits per heavy atom. The summed E-state index contributed by atoms with van der Waals surface area (Å²) in [5.74, 6) is 2.12. The molecule has 0 amide bonds. The Morgan fingerprint density at radius 2 is 1.73 bits per heavy atom. The van der Waals surface area contributed by atoms with E-state index in [-0.39, 0.29) is 0 Å². The van der Waals surface area contributed by atoms with Gasteiger partial charge in [0.2, 0.25) is 11.7 Å². The van der Waals surface area contributed by atoms with Gasteiger partial charge in [0.1, 0.15) is 5.75 Å². The molecule has 0 saturated carbocycles. The highest BCUT2D eigenvalue weighted by Gasteiger charge is 2.08. The SMILES string of the molecule is COc1ccc(-c2noc(CCCc3ccccc3)n2)cc1. The first-order chi connectivity index (χ1) is 10.8. The van der Waals surface area contributed by atoms with Gasteiger partial charge in [-0.3, -0.25) is 0 Å². The summed E-state index contributed by atoms with van der Waals surface area (Å²) in [6.45, 7) is 0. The Bertz CT molecular complexity index is 705. The number of hydrogen-bond donors (Lipinski definition) is 0. The van der Waals surface area contributed by atoms with Gasteiger partial charge in [-0.25, -0.2) is 0 Å². The van der Waals surface area contributed by atoms with Crippen molar-refractivity contribution in [1.82, 2.24) is 10.1 Å². The lowest BCUT2D eigenvalue weighted by Gasteiger charge is -1.99. The quantitative estimate of drug-likeness (QED) is 0.691. The first kappa shape index (κ1) is 14.3. The molecule has 4 nitrogen and oxygen atoms in total. The highest BCUT2D eigenvalue weighted by Crippen LogP contribution is 2.20. The summed E-state index contributed by atoms with van der Waals surface area (Å²) < 4.78 is 10.5. The summed E-state index contributed by atoms with van der Waals surface area (Å²) in [6, 6.07) is 18.1. The van der Waals surface area contributed by atoms with E-state index >= 15 is 0 Å². The zero-order valence-electron chi connectivity index (χ0n) is 12.5. The lowest BCUT2D eigenvalue weighted by molar-refractivity contribution is 0.376. The molecule has 0 spiro atoms. The molecule has 0 aliphatic heterocycles. The summed E-state index contributed by atoms with van der Waals surface area (Å²) in [7, 11) is 1.65. The van der Waals surface area contributed by atoms with Crippen LogP contribution >= 0.6 is 0 Å². The van der Waals surface area contributed by atoms with Crippen molar-refractivity contribution in [3.63, 3.8) is 0 Å². The zero-order valence-corrected chi connectivity index (χ0v) is 12.5. The van der Waals surface area contributed by atoms with E-state index in [2.05, 4.69) is 34.4 Å². The van der Waals surface area contributed by atoms with Crippen molar-refractivity contribution >= 4 is 0 Å². The van der Waals surface area contributed by atoms with Crippen molar-refractivity contribution in [1.29, 1.82) is 0 Å². The van der Waals surface area contributed by atoms with Crippen LogP contribution in [0.5, 0.6) is 5.75 Å². The molecule has 0 bridgehead atoms. The van der Waals surface area contributed by atoms with Crippen LogP contribution in [0.1, 0.15) is 17.9 Å². The average molecular weight is 294 g/mol. The molecule has 0 saturated heterocycles. The summed E-state index contributed by atoms with van der Waals surface area (Å²) in [5.41, 5.74) is 2.26. The Kier molecular flexibility index (Phi) is 4.49. The largest absolute Gasteiger partial charge is 0.497 e. The smallest absolute Gasteiger partial charge is 0.226 e. The molecule has 4 heteroatoms. The van der Waals surface area contributed by atoms with E-state index in [9.17, 15) is 0 Å². The zero-order chi connectivity index (χ0) is 15.2. The van der Waals surface area contributed by atoms with Gasteiger partial charge in [-0.1, -0.05) is 35.5 Å². The molecule has 2 aromatic carbocycles. The number of rotatable bonds is 6. The third-order valence-corrected chi connectivity index (χ3v) is 3.52. The molecule has 3 aromatic rings. The van der Waals surface area contributed by atoms with Crippen molar-refractivity contribution in [2.24, 2.45) is 0 Å². The van der Waals surface area contributed by atoms with E-state index in [1.807, 2.05) is 30.3 Å². The Balaban J connectivity index is 1.58. The predicted octanol–water partition coefficient (Wildman–Crippen LogP) is 3.92. The van der Waals surface area contributed by atoms with Crippen LogP contribution < -0.4 is 4.74 Å². The second kappa shape index (κ2) is 6.89. The van der Waals surface area contributed by atoms with Crippen molar-refractivity contribution in [2.75, 3.05) is 7.11 Å². The van der Waals surface area contributed by atoms with Crippen LogP contribution in [-0.2, 0) is 12.8 Å². The van der Waals surface area contributed by atoms with Gasteiger partial charge in [-0.05, 0) is 42.7 Å². The van der Waals surface area contributed by atoms with Gasteiger partial charge in [0.25, 0.3) is 0 Å². The summed E-state index contributed by atoms with van der Waals surface area (Å²) >= 11 is 0. The highest BCUT2D eigenvalue weighted by molar-refractivity contribution is 5.55. The normalized spacial score (nSPS) is 10.6. The minimum atomic E-state index is 0.623. The van der Waals surface area contributed by atoms with Crippen LogP contribution in [0, 0.1) is 0 Å². The van der Waals surface area contributed by atoms with Gasteiger partial charge in [0.15, 0.2) is 0 Å². The first-order valence-corrected chi connectivity index (χ1v) is 7.36. The van der Waals surface area contributed by atoms with Crippen LogP contribution in [0.3, 0.4) is 0 Å². The first-order valence-electron chi connectivity index (χ1n) is 7.36. The monoisotopic (exact) mass is 294 g/mol. The van der Waals surface area contributed by atoms with Gasteiger partial charge < -0.3 is 9.26 Å². The topological polar surface area (TPSA) is 48.2 Å². The van der Waals surface area contributed by atoms with Gasteiger partial charge in [-0.15, -0.1) is 0 Å². The van der Waals surface area contributed by atoms with Crippen molar-refractivity contribution in [2.45, 2.75) is 19.3 Å². The molecule has 0 radical (unpaired) electrons. The molecule has 0 unspecified atom stereocenters. The fraction of sp³-hybridized carbons (Fsp3) is 0.222. The van der Waals surface area contributed by atoms with E-state index in [0.717, 1.165) is 30.6 Å². The lowest BCUT2D eigenvalue weighted by Crippen LogP contribution is -1.90. The molecule has 22 heavy (non-hydrogen) atoms. The highest BCUT2D eigenvalue weighted by atomic mass is 16.5. The molecular weight excluding hydrogens is 276 g/mol. The van der Waals surface area contributed by atoms with E-state index in [1.165, 1.54) is 5.56 Å². The number of methoxy groups -OCH3 is 1. The fourth-order valence-corrected chi connectivity index (χ4v) is 2.30. The number of aromatic nitrogens is 2. The standard InChI is InChI=1S/C18H18N2O2/c1-21-16-12-10-15(11-13-16)18-19-17(22-20-18)9-5-8-14-6-3-2-4-7-14/h2-4,6-7,10-13H,5,8-9H2,1H3. The molecule has 0 aliphatic rings. The van der Waals surface area contributed by atoms with E-state index in [4.69, 9.17) is 9.26 Å². The Labute approximate surface area is 129 Å². The number of nitrogens with zero attached hydrogens (tertiary/aromatic N) is 2. The van der Waals surface area contributed by atoms with E-state index in [1.54, 1.807) is 7.11 Å². The van der Waals surface area contributed by atoms with Crippen LogP contribution in [0.4, 0.5) is 0 Å². The summed E-state index contributed by atoms with van der Waals surface area (Å²) in [5, 5.41) is 4.04. The van der Waals surface area contributed by atoms with Gasteiger partial charge in [-0.2, -0.15) is 4.98 Å². The molecule has 0 N–H and O–H groups in total. The average Bonchev–Trinajstić information content (AvgIpc) is 3.05. The summed E-state index contributed by atoms with van der Waals surface area (Å²) in [4.78, 5) is 4.45. The molecule has 0 aliphatic carbocycles. The van der Waals surface area contributed by atoms with Crippen LogP contribution in [0.2, 0.25) is 0 Å². The lowest BCUT2D eigenvalue weighted by atomic mass is 10.1. The van der Waals surface area contributed by atoms with Gasteiger partial charge in [0, 0.05) is 12.0 Å². The van der Waals surface area contributed by atoms with E-state index in [0.29, 0.717) is 11.7 Å². The Hall–Kier alpha value is -2.62. The maximum atomic E-state index is 5.32. The minimum Gasteiger partial charge on any atom is -0.497 e. The molecule has 0 atom stereocenters. The van der Waals surface area contributed by atoms with Crippen molar-refractivity contribution < 1.29 is 9.26 Å². The maximum Gasteiger partial charge on any atom is 0.226 e. The van der Waals surface area contributed by atoms with Crippen LogP contribution in [0.25, 0.3) is 11.4 Å². The second-order valence-corrected chi connectivity index (χ2v) is 5.08. The number of benzene rings is 2. The number of ether oxygens (including phenoxy) is 1.